The lowest BCUT2D eigenvalue weighted by Gasteiger charge is -2.19. The Morgan fingerprint density at radius 3 is 2.27 bits per heavy atom. The van der Waals surface area contributed by atoms with Crippen molar-refractivity contribution in [1.82, 2.24) is 4.31 Å². The summed E-state index contributed by atoms with van der Waals surface area (Å²) in [5, 5.41) is 2.80. The molecule has 2 aromatic carbocycles. The number of carbonyl (C=O) groups excluding carboxylic acids is 1. The molecule has 2 aromatic rings. The normalized spacial score (nSPS) is 11.5. The Bertz CT molecular complexity index is 803. The number of nitrogens with one attached hydrogen (secondary N) is 1. The van der Waals surface area contributed by atoms with E-state index in [2.05, 4.69) is 5.32 Å². The number of hydrogen-bond donors (Lipinski definition) is 1. The van der Waals surface area contributed by atoms with Crippen LogP contribution in [-0.4, -0.2) is 38.0 Å². The van der Waals surface area contributed by atoms with Gasteiger partial charge in [-0.1, -0.05) is 48.0 Å². The van der Waals surface area contributed by atoms with Crippen molar-refractivity contribution in [2.45, 2.75) is 26.2 Å². The zero-order valence-electron chi connectivity index (χ0n) is 15.3. The van der Waals surface area contributed by atoms with E-state index in [-0.39, 0.29) is 18.9 Å². The summed E-state index contributed by atoms with van der Waals surface area (Å²) in [4.78, 5) is 12.1. The molecule has 0 bridgehead atoms. The van der Waals surface area contributed by atoms with Crippen LogP contribution in [0.3, 0.4) is 0 Å². The highest BCUT2D eigenvalue weighted by atomic mass is 32.2. The number of nitrogens with zero attached hydrogens (tertiary/aromatic N) is 1. The first-order valence-electron chi connectivity index (χ1n) is 8.70. The molecule has 0 spiro atoms. The highest BCUT2D eigenvalue weighted by Crippen LogP contribution is 2.10. The van der Waals surface area contributed by atoms with E-state index in [1.165, 1.54) is 16.1 Å². The Morgan fingerprint density at radius 1 is 1.00 bits per heavy atom. The Balaban J connectivity index is 1.83. The summed E-state index contributed by atoms with van der Waals surface area (Å²) >= 11 is 0. The lowest BCUT2D eigenvalue weighted by atomic mass is 10.1. The molecule has 140 valence electrons. The first-order valence-corrected chi connectivity index (χ1v) is 10.5. The van der Waals surface area contributed by atoms with Gasteiger partial charge in [-0.15, -0.1) is 0 Å². The molecule has 0 fully saturated rings. The second kappa shape index (κ2) is 9.50. The smallest absolute Gasteiger partial charge is 0.225 e. The molecule has 0 aliphatic heterocycles. The molecular formula is C20H26N2O3S. The van der Waals surface area contributed by atoms with Crippen LogP contribution >= 0.6 is 0 Å². The van der Waals surface area contributed by atoms with E-state index < -0.39 is 10.0 Å². The first-order chi connectivity index (χ1) is 12.3. The number of hydrogen-bond acceptors (Lipinski definition) is 3. The Kier molecular flexibility index (Phi) is 7.36. The van der Waals surface area contributed by atoms with Gasteiger partial charge in [-0.2, -0.15) is 0 Å². The van der Waals surface area contributed by atoms with Crippen molar-refractivity contribution in [3.05, 3.63) is 65.7 Å². The molecule has 0 saturated heterocycles. The van der Waals surface area contributed by atoms with Crippen LogP contribution in [0.5, 0.6) is 0 Å². The van der Waals surface area contributed by atoms with E-state index in [1.54, 1.807) is 0 Å². The number of sulfonamides is 1. The maximum Gasteiger partial charge on any atom is 0.225 e. The molecule has 0 aromatic heterocycles. The molecule has 5 nitrogen and oxygen atoms in total. The molecule has 0 heterocycles. The monoisotopic (exact) mass is 374 g/mol. The van der Waals surface area contributed by atoms with Gasteiger partial charge in [-0.05, 0) is 37.5 Å². The highest BCUT2D eigenvalue weighted by molar-refractivity contribution is 7.88. The van der Waals surface area contributed by atoms with E-state index >= 15 is 0 Å². The van der Waals surface area contributed by atoms with E-state index in [0.29, 0.717) is 6.54 Å². The largest absolute Gasteiger partial charge is 0.326 e. The molecule has 0 atom stereocenters. The zero-order chi connectivity index (χ0) is 19.0. The van der Waals surface area contributed by atoms with Crippen LogP contribution in [0, 0.1) is 6.92 Å². The van der Waals surface area contributed by atoms with Gasteiger partial charge in [0.05, 0.1) is 6.26 Å². The van der Waals surface area contributed by atoms with Crippen LogP contribution in [0.25, 0.3) is 0 Å². The summed E-state index contributed by atoms with van der Waals surface area (Å²) < 4.78 is 25.3. The fraction of sp³-hybridized carbons (Fsp3) is 0.350. The second-order valence-corrected chi connectivity index (χ2v) is 8.40. The molecule has 6 heteroatoms. The van der Waals surface area contributed by atoms with Gasteiger partial charge in [0.2, 0.25) is 15.9 Å². The summed E-state index contributed by atoms with van der Waals surface area (Å²) in [7, 11) is -3.34. The third kappa shape index (κ3) is 6.98. The summed E-state index contributed by atoms with van der Waals surface area (Å²) in [6, 6.07) is 17.5. The molecule has 0 unspecified atom stereocenters. The molecule has 1 amide bonds. The number of amides is 1. The average Bonchev–Trinajstić information content (AvgIpc) is 2.60. The molecule has 1 N–H and O–H groups in total. The van der Waals surface area contributed by atoms with Crippen molar-refractivity contribution in [3.8, 4) is 0 Å². The second-order valence-electron chi connectivity index (χ2n) is 6.42. The van der Waals surface area contributed by atoms with Crippen LogP contribution in [0.1, 0.15) is 24.0 Å². The van der Waals surface area contributed by atoms with Crippen molar-refractivity contribution in [2.24, 2.45) is 0 Å². The van der Waals surface area contributed by atoms with Crippen LogP contribution < -0.4 is 5.32 Å². The summed E-state index contributed by atoms with van der Waals surface area (Å²) in [6.45, 7) is 2.57. The van der Waals surface area contributed by atoms with Crippen LogP contribution in [0.4, 0.5) is 5.69 Å². The van der Waals surface area contributed by atoms with Gasteiger partial charge in [0.1, 0.15) is 0 Å². The predicted molar refractivity (Wildman–Crippen MR) is 106 cm³/mol. The predicted octanol–water partition coefficient (Wildman–Crippen LogP) is 3.22. The van der Waals surface area contributed by atoms with Crippen LogP contribution in [0.2, 0.25) is 0 Å². The van der Waals surface area contributed by atoms with Gasteiger partial charge in [-0.3, -0.25) is 4.79 Å². The number of benzene rings is 2. The fourth-order valence-corrected chi connectivity index (χ4v) is 3.52. The lowest BCUT2D eigenvalue weighted by molar-refractivity contribution is -0.116. The van der Waals surface area contributed by atoms with Gasteiger partial charge in [0.15, 0.2) is 0 Å². The summed E-state index contributed by atoms with van der Waals surface area (Å²) in [5.41, 5.74) is 3.01. The minimum Gasteiger partial charge on any atom is -0.326 e. The molecule has 0 aliphatic carbocycles. The van der Waals surface area contributed by atoms with E-state index in [0.717, 1.165) is 24.1 Å². The molecule has 2 rings (SSSR count). The molecule has 0 saturated carbocycles. The number of rotatable bonds is 9. The average molecular weight is 375 g/mol. The number of anilines is 1. The van der Waals surface area contributed by atoms with Crippen molar-refractivity contribution in [1.29, 1.82) is 0 Å². The van der Waals surface area contributed by atoms with Crippen LogP contribution in [0.15, 0.2) is 54.6 Å². The zero-order valence-corrected chi connectivity index (χ0v) is 16.1. The summed E-state index contributed by atoms with van der Waals surface area (Å²) in [5.74, 6) is -0.189. The quantitative estimate of drug-likeness (QED) is 0.733. The maximum absolute atomic E-state index is 12.1. The van der Waals surface area contributed by atoms with Gasteiger partial charge in [0, 0.05) is 25.2 Å². The van der Waals surface area contributed by atoms with Gasteiger partial charge in [-0.25, -0.2) is 12.7 Å². The Morgan fingerprint density at radius 2 is 1.65 bits per heavy atom. The molecular weight excluding hydrogens is 348 g/mol. The maximum atomic E-state index is 12.1. The Labute approximate surface area is 156 Å². The van der Waals surface area contributed by atoms with Crippen molar-refractivity contribution < 1.29 is 13.2 Å². The summed E-state index contributed by atoms with van der Waals surface area (Å²) in [6.07, 6.45) is 2.85. The fourth-order valence-electron chi connectivity index (χ4n) is 2.63. The van der Waals surface area contributed by atoms with Crippen molar-refractivity contribution in [3.63, 3.8) is 0 Å². The lowest BCUT2D eigenvalue weighted by Crippen LogP contribution is -2.34. The van der Waals surface area contributed by atoms with E-state index in [9.17, 15) is 13.2 Å². The van der Waals surface area contributed by atoms with Crippen molar-refractivity contribution >= 4 is 21.6 Å². The van der Waals surface area contributed by atoms with E-state index in [4.69, 9.17) is 0 Å². The molecule has 26 heavy (non-hydrogen) atoms. The van der Waals surface area contributed by atoms with Gasteiger partial charge in [0.25, 0.3) is 0 Å². The SMILES string of the molecule is Cc1ccc(NC(=O)CCN(CCCc2ccccc2)S(C)(=O)=O)cc1. The van der Waals surface area contributed by atoms with Crippen molar-refractivity contribution in [2.75, 3.05) is 24.7 Å². The minimum absolute atomic E-state index is 0.131. The minimum atomic E-state index is -3.34. The third-order valence-corrected chi connectivity index (χ3v) is 5.41. The molecule has 0 aliphatic rings. The van der Waals surface area contributed by atoms with Crippen LogP contribution in [-0.2, 0) is 21.2 Å². The Hall–Kier alpha value is -2.18. The molecule has 0 radical (unpaired) electrons. The topological polar surface area (TPSA) is 66.5 Å². The highest BCUT2D eigenvalue weighted by Gasteiger charge is 2.17. The third-order valence-electron chi connectivity index (χ3n) is 4.11. The number of carbonyl (C=O) groups is 1. The van der Waals surface area contributed by atoms with Gasteiger partial charge < -0.3 is 5.32 Å². The van der Waals surface area contributed by atoms with Gasteiger partial charge >= 0.3 is 0 Å². The van der Waals surface area contributed by atoms with E-state index in [1.807, 2.05) is 61.5 Å². The standard InChI is InChI=1S/C20H26N2O3S/c1-17-10-12-19(13-11-17)21-20(23)14-16-22(26(2,24)25)15-6-9-18-7-4-3-5-8-18/h3-5,7-8,10-13H,6,9,14-16H2,1-2H3,(H,21,23). The number of aryl methyl sites for hydroxylation is 2. The first kappa shape index (κ1) is 20.1.